The lowest BCUT2D eigenvalue weighted by molar-refractivity contribution is -0.0999. The number of fused-ring (bicyclic) bond motifs is 2. The van der Waals surface area contributed by atoms with Crippen molar-refractivity contribution in [1.29, 1.82) is 0 Å². The summed E-state index contributed by atoms with van der Waals surface area (Å²) in [5.41, 5.74) is 7.27. The molecule has 0 saturated carbocycles. The Bertz CT molecular complexity index is 1730. The predicted octanol–water partition coefficient (Wildman–Crippen LogP) is 3.00. The molecule has 0 amide bonds. The van der Waals surface area contributed by atoms with Crippen molar-refractivity contribution in [3.05, 3.63) is 85.8 Å². The maximum atomic E-state index is 13.5. The van der Waals surface area contributed by atoms with E-state index in [4.69, 9.17) is 33.3 Å². The van der Waals surface area contributed by atoms with Gasteiger partial charge in [0.1, 0.15) is 24.4 Å². The molecule has 0 bridgehead atoms. The van der Waals surface area contributed by atoms with E-state index >= 15 is 0 Å². The summed E-state index contributed by atoms with van der Waals surface area (Å²) in [5.74, 6) is -0.0834. The number of rotatable bonds is 9. The second kappa shape index (κ2) is 13.3. The number of halogens is 2. The second-order valence-corrected chi connectivity index (χ2v) is 11.0. The van der Waals surface area contributed by atoms with Gasteiger partial charge in [0.2, 0.25) is 5.95 Å². The molecule has 224 valence electrons. The van der Waals surface area contributed by atoms with Crippen LogP contribution < -0.4 is 11.0 Å². The summed E-state index contributed by atoms with van der Waals surface area (Å²) in [6.45, 7) is -0.812. The quantitative estimate of drug-likeness (QED) is 0.108. The van der Waals surface area contributed by atoms with E-state index in [0.717, 1.165) is 47.0 Å². The van der Waals surface area contributed by atoms with Crippen molar-refractivity contribution in [2.45, 2.75) is 43.7 Å². The topological polar surface area (TPSA) is 184 Å². The van der Waals surface area contributed by atoms with Crippen LogP contribution in [0, 0.1) is 0 Å². The van der Waals surface area contributed by atoms with Crippen LogP contribution >= 0.6 is 23.2 Å². The van der Waals surface area contributed by atoms with Gasteiger partial charge in [0.05, 0.1) is 23.9 Å². The molecule has 0 saturated heterocycles. The van der Waals surface area contributed by atoms with Gasteiger partial charge in [0.25, 0.3) is 5.56 Å². The number of hydrogen-bond donors (Lipinski definition) is 7. The van der Waals surface area contributed by atoms with Gasteiger partial charge in [0, 0.05) is 15.6 Å². The van der Waals surface area contributed by atoms with Crippen molar-refractivity contribution in [3.8, 4) is 11.1 Å². The number of aliphatic hydroxyl groups excluding tert-OH is 5. The van der Waals surface area contributed by atoms with E-state index in [9.17, 15) is 25.2 Å². The lowest BCUT2D eigenvalue weighted by atomic mass is 9.84. The molecule has 13 heteroatoms. The van der Waals surface area contributed by atoms with Crippen LogP contribution in [0.5, 0.6) is 0 Å². The van der Waals surface area contributed by atoms with E-state index in [1.807, 2.05) is 42.5 Å². The minimum absolute atomic E-state index is 0.0834. The molecule has 11 nitrogen and oxygen atoms in total. The zero-order valence-corrected chi connectivity index (χ0v) is 24.2. The molecular weight excluding hydrogens is 597 g/mol. The van der Waals surface area contributed by atoms with E-state index in [-0.39, 0.29) is 11.6 Å². The molecule has 2 aromatic carbocycles. The molecular formula is C30H29Cl2N5O6. The predicted molar refractivity (Wildman–Crippen MR) is 166 cm³/mol. The third-order valence-corrected chi connectivity index (χ3v) is 7.66. The Hall–Kier alpha value is -3.68. The van der Waals surface area contributed by atoms with E-state index in [1.165, 1.54) is 0 Å². The number of aromatic nitrogens is 3. The van der Waals surface area contributed by atoms with Crippen LogP contribution in [0.4, 0.5) is 5.95 Å². The highest BCUT2D eigenvalue weighted by Crippen LogP contribution is 2.40. The molecule has 0 aliphatic heterocycles. The highest BCUT2D eigenvalue weighted by atomic mass is 35.5. The Morgan fingerprint density at radius 3 is 2.30 bits per heavy atom. The van der Waals surface area contributed by atoms with Gasteiger partial charge in [-0.05, 0) is 71.9 Å². The molecule has 5 rings (SSSR count). The van der Waals surface area contributed by atoms with Crippen molar-refractivity contribution in [2.24, 2.45) is 5.10 Å². The number of aromatic amines is 1. The van der Waals surface area contributed by atoms with Crippen LogP contribution in [0.3, 0.4) is 0 Å². The van der Waals surface area contributed by atoms with Gasteiger partial charge in [0.15, 0.2) is 5.65 Å². The minimum Gasteiger partial charge on any atom is -0.394 e. The number of nitrogens with zero attached hydrogens (tertiary/aromatic N) is 3. The second-order valence-electron chi connectivity index (χ2n) is 10.1. The van der Waals surface area contributed by atoms with Crippen LogP contribution in [-0.2, 0) is 6.42 Å². The molecule has 0 fully saturated rings. The third kappa shape index (κ3) is 6.78. The van der Waals surface area contributed by atoms with Crippen molar-refractivity contribution in [1.82, 2.24) is 15.0 Å². The standard InChI is InChI=1S/C30H29Cl2N5O6/c31-18-8-4-15(5-9-18)12-17-2-1-3-20-23(16-6-10-19(32)11-7-16)24-28(34-25(17)20)35-30(36-29(24)43)37-33-13-21(39)26(41)27(42)22(40)14-38/h4-13,21-22,26-27,38-42H,1-3,14H2,(H2,34,35,36,37,43)/b17-12+,33-13+/t21-,22-,26-,27-/m1/s1. The maximum absolute atomic E-state index is 13.5. The van der Waals surface area contributed by atoms with Crippen LogP contribution in [0.2, 0.25) is 10.0 Å². The van der Waals surface area contributed by atoms with Gasteiger partial charge < -0.3 is 25.5 Å². The summed E-state index contributed by atoms with van der Waals surface area (Å²) in [4.78, 5) is 25.5. The lowest BCUT2D eigenvalue weighted by Gasteiger charge is -2.23. The van der Waals surface area contributed by atoms with Crippen molar-refractivity contribution in [3.63, 3.8) is 0 Å². The fraction of sp³-hybridized carbons (Fsp3) is 0.267. The molecule has 1 aliphatic rings. The Morgan fingerprint density at radius 1 is 0.953 bits per heavy atom. The molecule has 7 N–H and O–H groups in total. The number of pyridine rings is 1. The monoisotopic (exact) mass is 625 g/mol. The van der Waals surface area contributed by atoms with E-state index in [2.05, 4.69) is 20.5 Å². The van der Waals surface area contributed by atoms with Gasteiger partial charge in [-0.2, -0.15) is 10.1 Å². The first-order valence-corrected chi connectivity index (χ1v) is 14.2. The summed E-state index contributed by atoms with van der Waals surface area (Å²) in [7, 11) is 0. The van der Waals surface area contributed by atoms with Crippen molar-refractivity contribution < 1.29 is 25.5 Å². The Labute approximate surface area is 255 Å². The van der Waals surface area contributed by atoms with E-state index in [1.54, 1.807) is 12.1 Å². The van der Waals surface area contributed by atoms with Crippen molar-refractivity contribution in [2.75, 3.05) is 12.0 Å². The molecule has 0 unspecified atom stereocenters. The summed E-state index contributed by atoms with van der Waals surface area (Å²) in [6.07, 6.45) is -1.79. The zero-order valence-electron chi connectivity index (χ0n) is 22.7. The van der Waals surface area contributed by atoms with E-state index < -0.39 is 36.6 Å². The molecule has 4 atom stereocenters. The summed E-state index contributed by atoms with van der Waals surface area (Å²) in [5, 5.41) is 53.6. The van der Waals surface area contributed by atoms with Gasteiger partial charge in [-0.1, -0.05) is 47.5 Å². The lowest BCUT2D eigenvalue weighted by Crippen LogP contribution is -2.46. The number of benzene rings is 2. The fourth-order valence-electron chi connectivity index (χ4n) is 4.98. The highest BCUT2D eigenvalue weighted by Gasteiger charge is 2.29. The molecule has 0 radical (unpaired) electrons. The number of allylic oxidation sites excluding steroid dienone is 1. The average molecular weight is 626 g/mol. The van der Waals surface area contributed by atoms with Crippen LogP contribution in [-0.4, -0.2) is 77.7 Å². The zero-order chi connectivity index (χ0) is 30.7. The number of nitrogens with one attached hydrogen (secondary N) is 2. The molecule has 43 heavy (non-hydrogen) atoms. The number of hydrogen-bond acceptors (Lipinski definition) is 10. The maximum Gasteiger partial charge on any atom is 0.262 e. The van der Waals surface area contributed by atoms with Gasteiger partial charge >= 0.3 is 0 Å². The number of anilines is 1. The first-order valence-electron chi connectivity index (χ1n) is 13.5. The summed E-state index contributed by atoms with van der Waals surface area (Å²) in [6, 6.07) is 14.7. The largest absolute Gasteiger partial charge is 0.394 e. The smallest absolute Gasteiger partial charge is 0.262 e. The SMILES string of the molecule is O=c1[nH]c(N/N=C/[C@@H](O)[C@@H](O)[C@H](O)[C@H](O)CO)nc2nc3c(c(-c4ccc(Cl)cc4)c12)CCC/C3=C\c1ccc(Cl)cc1. The Balaban J connectivity index is 1.58. The summed E-state index contributed by atoms with van der Waals surface area (Å²) >= 11 is 12.2. The van der Waals surface area contributed by atoms with Crippen molar-refractivity contribution >= 4 is 58.0 Å². The summed E-state index contributed by atoms with van der Waals surface area (Å²) < 4.78 is 0. The van der Waals surface area contributed by atoms with Crippen LogP contribution in [0.15, 0.2) is 58.4 Å². The first kappa shape index (κ1) is 30.8. The molecule has 0 spiro atoms. The first-order chi connectivity index (χ1) is 20.7. The average Bonchev–Trinajstić information content (AvgIpc) is 3.00. The highest BCUT2D eigenvalue weighted by molar-refractivity contribution is 6.31. The van der Waals surface area contributed by atoms with Gasteiger partial charge in [-0.3, -0.25) is 9.78 Å². The normalized spacial score (nSPS) is 17.1. The Kier molecular flexibility index (Phi) is 9.52. The van der Waals surface area contributed by atoms with Crippen LogP contribution in [0.25, 0.3) is 33.8 Å². The molecule has 2 heterocycles. The number of hydrazone groups is 1. The minimum atomic E-state index is -1.84. The van der Waals surface area contributed by atoms with Crippen LogP contribution in [0.1, 0.15) is 29.7 Å². The fourth-order valence-corrected chi connectivity index (χ4v) is 5.23. The third-order valence-electron chi connectivity index (χ3n) is 7.16. The van der Waals surface area contributed by atoms with Gasteiger partial charge in [-0.25, -0.2) is 10.4 Å². The number of aliphatic hydroxyl groups is 5. The Morgan fingerprint density at radius 2 is 1.63 bits per heavy atom. The van der Waals surface area contributed by atoms with Gasteiger partial charge in [-0.15, -0.1) is 0 Å². The molecule has 2 aromatic heterocycles. The van der Waals surface area contributed by atoms with E-state index in [0.29, 0.717) is 27.4 Å². The number of H-pyrrole nitrogens is 1. The molecule has 1 aliphatic carbocycles. The molecule has 4 aromatic rings.